The smallest absolute Gasteiger partial charge is 0.251 e. The van der Waals surface area contributed by atoms with Crippen LogP contribution in [0.4, 0.5) is 0 Å². The van der Waals surface area contributed by atoms with E-state index in [0.29, 0.717) is 31.4 Å². The summed E-state index contributed by atoms with van der Waals surface area (Å²) in [6.07, 6.45) is 1.39. The summed E-state index contributed by atoms with van der Waals surface area (Å²) in [5.74, 6) is -1.77. The van der Waals surface area contributed by atoms with E-state index < -0.39 is 23.9 Å². The van der Waals surface area contributed by atoms with Crippen molar-refractivity contribution in [1.29, 1.82) is 0 Å². The molecular weight excluding hydrogens is 502 g/mol. The second-order valence-electron chi connectivity index (χ2n) is 8.57. The van der Waals surface area contributed by atoms with Crippen LogP contribution in [0.1, 0.15) is 63.7 Å². The molecule has 0 aromatic heterocycles. The van der Waals surface area contributed by atoms with Gasteiger partial charge in [0.15, 0.2) is 11.7 Å². The van der Waals surface area contributed by atoms with Crippen molar-refractivity contribution in [2.45, 2.75) is 65.5 Å². The number of hydrogen-bond acceptors (Lipinski definition) is 5. The molecule has 0 aliphatic rings. The van der Waals surface area contributed by atoms with E-state index in [1.165, 1.54) is 0 Å². The van der Waals surface area contributed by atoms with Crippen molar-refractivity contribution in [3.63, 3.8) is 0 Å². The Kier molecular flexibility index (Phi) is 12.5. The molecule has 0 radical (unpaired) electrons. The zero-order valence-corrected chi connectivity index (χ0v) is 21.9. The summed E-state index contributed by atoms with van der Waals surface area (Å²) in [5, 5.41) is 5.44. The number of hydrogen-bond donors (Lipinski definition) is 4. The molecule has 0 aliphatic heterocycles. The summed E-state index contributed by atoms with van der Waals surface area (Å²) in [7, 11) is 0. The number of guanidine groups is 1. The second kappa shape index (κ2) is 14.5. The van der Waals surface area contributed by atoms with E-state index in [2.05, 4.69) is 31.6 Å². The van der Waals surface area contributed by atoms with Gasteiger partial charge in [-0.2, -0.15) is 0 Å². The first-order chi connectivity index (χ1) is 16.0. The number of benzene rings is 1. The summed E-state index contributed by atoms with van der Waals surface area (Å²) in [5.41, 5.74) is 11.1. The predicted molar refractivity (Wildman–Crippen MR) is 136 cm³/mol. The number of aliphatic imine (C=N–C) groups is 1. The number of halogens is 1. The highest BCUT2D eigenvalue weighted by Crippen LogP contribution is 2.17. The maximum Gasteiger partial charge on any atom is 0.251 e. The highest BCUT2D eigenvalue weighted by Gasteiger charge is 2.29. The lowest BCUT2D eigenvalue weighted by molar-refractivity contribution is -0.131. The van der Waals surface area contributed by atoms with Crippen LogP contribution in [0.3, 0.4) is 0 Å². The standard InChI is InChI=1S/C24H36BrN5O4/c1-5-19(31)17(7-6-12-28-24(26)27)13-20(32)15(4)29-23(34)21(14(2)3)30-22(33)16-8-10-18(25)11-9-16/h8-11,14-15,17,21H,5-7,12-13H2,1-4H3,(H,29,34)(H,30,33)(H4,26,27,28)/t15-,17+,21-/m0/s1. The summed E-state index contributed by atoms with van der Waals surface area (Å²) < 4.78 is 0.839. The van der Waals surface area contributed by atoms with E-state index in [1.807, 2.05) is 13.8 Å². The molecule has 2 amide bonds. The molecule has 0 saturated heterocycles. The lowest BCUT2D eigenvalue weighted by Gasteiger charge is -2.24. The molecular formula is C24H36BrN5O4. The fraction of sp³-hybridized carbons (Fsp3) is 0.542. The minimum absolute atomic E-state index is 0.0154. The fourth-order valence-corrected chi connectivity index (χ4v) is 3.64. The van der Waals surface area contributed by atoms with Crippen molar-refractivity contribution in [2.24, 2.45) is 28.3 Å². The largest absolute Gasteiger partial charge is 0.370 e. The number of nitrogens with two attached hydrogens (primary N) is 2. The monoisotopic (exact) mass is 537 g/mol. The molecule has 1 aromatic carbocycles. The molecule has 34 heavy (non-hydrogen) atoms. The van der Waals surface area contributed by atoms with Crippen molar-refractivity contribution >= 4 is 45.3 Å². The van der Waals surface area contributed by atoms with E-state index in [4.69, 9.17) is 11.5 Å². The summed E-state index contributed by atoms with van der Waals surface area (Å²) in [4.78, 5) is 54.5. The van der Waals surface area contributed by atoms with Gasteiger partial charge in [-0.25, -0.2) is 0 Å². The molecule has 188 valence electrons. The Morgan fingerprint density at radius 2 is 1.62 bits per heavy atom. The van der Waals surface area contributed by atoms with E-state index in [1.54, 1.807) is 38.1 Å². The topological polar surface area (TPSA) is 157 Å². The zero-order valence-electron chi connectivity index (χ0n) is 20.3. The number of nitrogens with zero attached hydrogens (tertiary/aromatic N) is 1. The Morgan fingerprint density at radius 1 is 1.00 bits per heavy atom. The molecule has 0 fully saturated rings. The molecule has 0 saturated carbocycles. The second-order valence-corrected chi connectivity index (χ2v) is 9.48. The van der Waals surface area contributed by atoms with Gasteiger partial charge in [0, 0.05) is 35.3 Å². The molecule has 1 rings (SSSR count). The molecule has 3 atom stereocenters. The zero-order chi connectivity index (χ0) is 25.8. The molecule has 0 unspecified atom stereocenters. The van der Waals surface area contributed by atoms with Crippen molar-refractivity contribution in [3.05, 3.63) is 34.3 Å². The lowest BCUT2D eigenvalue weighted by Crippen LogP contribution is -2.53. The maximum atomic E-state index is 12.9. The molecule has 0 aliphatic carbocycles. The number of Topliss-reactive ketones (excluding diaryl/α,β-unsaturated/α-hetero) is 2. The summed E-state index contributed by atoms with van der Waals surface area (Å²) >= 11 is 3.32. The third-order valence-electron chi connectivity index (χ3n) is 5.44. The summed E-state index contributed by atoms with van der Waals surface area (Å²) in [6.45, 7) is 7.34. The van der Waals surface area contributed by atoms with Crippen LogP contribution in [0, 0.1) is 11.8 Å². The number of rotatable bonds is 14. The number of ketones is 2. The van der Waals surface area contributed by atoms with Crippen LogP contribution in [-0.2, 0) is 14.4 Å². The predicted octanol–water partition coefficient (Wildman–Crippen LogP) is 2.32. The first-order valence-corrected chi connectivity index (χ1v) is 12.2. The van der Waals surface area contributed by atoms with E-state index in [9.17, 15) is 19.2 Å². The van der Waals surface area contributed by atoms with Crippen LogP contribution in [0.5, 0.6) is 0 Å². The van der Waals surface area contributed by atoms with E-state index >= 15 is 0 Å². The molecule has 0 bridgehead atoms. The van der Waals surface area contributed by atoms with E-state index in [-0.39, 0.29) is 35.8 Å². The van der Waals surface area contributed by atoms with Gasteiger partial charge in [0.05, 0.1) is 6.04 Å². The van der Waals surface area contributed by atoms with Crippen molar-refractivity contribution in [2.75, 3.05) is 6.54 Å². The SMILES string of the molecule is CCC(=O)[C@H](CCCN=C(N)N)CC(=O)[C@H](C)NC(=O)[C@@H](NC(=O)c1ccc(Br)cc1)C(C)C. The van der Waals surface area contributed by atoms with Gasteiger partial charge >= 0.3 is 0 Å². The van der Waals surface area contributed by atoms with Gasteiger partial charge in [-0.1, -0.05) is 36.7 Å². The van der Waals surface area contributed by atoms with Crippen molar-refractivity contribution < 1.29 is 19.2 Å². The van der Waals surface area contributed by atoms with Gasteiger partial charge in [0.2, 0.25) is 5.91 Å². The average Bonchev–Trinajstić information content (AvgIpc) is 2.78. The lowest BCUT2D eigenvalue weighted by atomic mass is 9.89. The summed E-state index contributed by atoms with van der Waals surface area (Å²) in [6, 6.07) is 5.16. The number of carbonyl (C=O) groups is 4. The molecule has 1 aromatic rings. The quantitative estimate of drug-likeness (QED) is 0.162. The minimum Gasteiger partial charge on any atom is -0.370 e. The van der Waals surface area contributed by atoms with Crippen molar-refractivity contribution in [3.8, 4) is 0 Å². The third kappa shape index (κ3) is 10.0. The van der Waals surface area contributed by atoms with E-state index in [0.717, 1.165) is 4.47 Å². The molecule has 0 heterocycles. The highest BCUT2D eigenvalue weighted by molar-refractivity contribution is 9.10. The van der Waals surface area contributed by atoms with Gasteiger partial charge in [0.1, 0.15) is 11.8 Å². The van der Waals surface area contributed by atoms with Gasteiger partial charge in [-0.05, 0) is 49.9 Å². The number of carbonyl (C=O) groups excluding carboxylic acids is 4. The Morgan fingerprint density at radius 3 is 2.15 bits per heavy atom. The molecule has 0 spiro atoms. The van der Waals surface area contributed by atoms with Crippen LogP contribution in [0.15, 0.2) is 33.7 Å². The Balaban J connectivity index is 2.75. The first kappa shape index (κ1) is 29.3. The van der Waals surface area contributed by atoms with Crippen molar-refractivity contribution in [1.82, 2.24) is 10.6 Å². The Bertz CT molecular complexity index is 882. The number of nitrogens with one attached hydrogen (secondary N) is 2. The van der Waals surface area contributed by atoms with Crippen LogP contribution >= 0.6 is 15.9 Å². The van der Waals surface area contributed by atoms with Gasteiger partial charge in [-0.15, -0.1) is 0 Å². The van der Waals surface area contributed by atoms with Crippen LogP contribution in [-0.4, -0.2) is 48.0 Å². The van der Waals surface area contributed by atoms with Crippen LogP contribution in [0.2, 0.25) is 0 Å². The fourth-order valence-electron chi connectivity index (χ4n) is 3.38. The highest BCUT2D eigenvalue weighted by atomic mass is 79.9. The third-order valence-corrected chi connectivity index (χ3v) is 5.97. The van der Waals surface area contributed by atoms with Crippen LogP contribution < -0.4 is 22.1 Å². The first-order valence-electron chi connectivity index (χ1n) is 11.4. The normalized spacial score (nSPS) is 13.5. The van der Waals surface area contributed by atoms with Gasteiger partial charge in [-0.3, -0.25) is 24.2 Å². The average molecular weight is 538 g/mol. The van der Waals surface area contributed by atoms with Gasteiger partial charge < -0.3 is 22.1 Å². The van der Waals surface area contributed by atoms with Gasteiger partial charge in [0.25, 0.3) is 5.91 Å². The van der Waals surface area contributed by atoms with Crippen LogP contribution in [0.25, 0.3) is 0 Å². The molecule has 9 nitrogen and oxygen atoms in total. The number of amides is 2. The molecule has 6 N–H and O–H groups in total. The minimum atomic E-state index is -0.820. The molecule has 10 heteroatoms. The Hall–Kier alpha value is -2.75. The maximum absolute atomic E-state index is 12.9. The Labute approximate surface area is 209 Å².